The maximum absolute atomic E-state index is 12.9. The monoisotopic (exact) mass is 386 g/mol. The molecule has 0 aliphatic carbocycles. The van der Waals surface area contributed by atoms with E-state index < -0.39 is 10.0 Å². The molecule has 2 rings (SSSR count). The summed E-state index contributed by atoms with van der Waals surface area (Å²) >= 11 is 1.58. The normalized spacial score (nSPS) is 16.2. The first-order chi connectivity index (χ1) is 12.0. The number of nitrogens with zero attached hydrogens (tertiary/aromatic N) is 1. The highest BCUT2D eigenvalue weighted by molar-refractivity contribution is 7.98. The number of ether oxygens (including phenoxy) is 1. The predicted octanol–water partition coefficient (Wildman–Crippen LogP) is 2.95. The zero-order valence-corrected chi connectivity index (χ0v) is 16.4. The van der Waals surface area contributed by atoms with Crippen LogP contribution in [0.2, 0.25) is 0 Å². The van der Waals surface area contributed by atoms with E-state index in [1.807, 2.05) is 6.26 Å². The van der Waals surface area contributed by atoms with Gasteiger partial charge in [-0.2, -0.15) is 16.1 Å². The zero-order chi connectivity index (χ0) is 18.3. The van der Waals surface area contributed by atoms with Gasteiger partial charge in [0.25, 0.3) is 0 Å². The number of nitrogens with one attached hydrogen (secondary N) is 1. The number of carbonyl (C=O) groups is 1. The van der Waals surface area contributed by atoms with Gasteiger partial charge in [-0.3, -0.25) is 4.79 Å². The molecule has 1 aromatic carbocycles. The molecule has 0 bridgehead atoms. The van der Waals surface area contributed by atoms with Crippen molar-refractivity contribution in [2.24, 2.45) is 0 Å². The predicted molar refractivity (Wildman–Crippen MR) is 102 cm³/mol. The lowest BCUT2D eigenvalue weighted by atomic mass is 10.2. The van der Waals surface area contributed by atoms with Gasteiger partial charge in [-0.15, -0.1) is 0 Å². The Morgan fingerprint density at radius 2 is 1.92 bits per heavy atom. The average molecular weight is 387 g/mol. The summed E-state index contributed by atoms with van der Waals surface area (Å²) in [5.74, 6) is 1.00. The van der Waals surface area contributed by atoms with Crippen LogP contribution >= 0.6 is 11.8 Å². The van der Waals surface area contributed by atoms with Gasteiger partial charge >= 0.3 is 0 Å². The van der Waals surface area contributed by atoms with E-state index in [0.29, 0.717) is 36.7 Å². The SMILES string of the molecule is COc1ccc(S(=O)(=O)N2CCCCCC2)cc1NC(=O)CCSC. The van der Waals surface area contributed by atoms with E-state index in [9.17, 15) is 13.2 Å². The second kappa shape index (κ2) is 9.45. The molecule has 0 unspecified atom stereocenters. The number of sulfonamides is 1. The molecule has 1 amide bonds. The summed E-state index contributed by atoms with van der Waals surface area (Å²) in [6, 6.07) is 4.63. The van der Waals surface area contributed by atoms with Gasteiger partial charge in [0, 0.05) is 25.3 Å². The van der Waals surface area contributed by atoms with Gasteiger partial charge in [0.05, 0.1) is 17.7 Å². The molecule has 1 saturated heterocycles. The molecule has 0 radical (unpaired) electrons. The van der Waals surface area contributed by atoms with E-state index in [0.717, 1.165) is 25.7 Å². The van der Waals surface area contributed by atoms with Crippen molar-refractivity contribution < 1.29 is 17.9 Å². The molecule has 8 heteroatoms. The Balaban J connectivity index is 2.25. The summed E-state index contributed by atoms with van der Waals surface area (Å²) in [4.78, 5) is 12.2. The Kier molecular flexibility index (Phi) is 7.58. The summed E-state index contributed by atoms with van der Waals surface area (Å²) in [5, 5.41) is 2.76. The molecule has 25 heavy (non-hydrogen) atoms. The van der Waals surface area contributed by atoms with E-state index in [1.165, 1.54) is 19.2 Å². The first-order valence-electron chi connectivity index (χ1n) is 8.46. The van der Waals surface area contributed by atoms with Gasteiger partial charge in [-0.05, 0) is 37.3 Å². The van der Waals surface area contributed by atoms with Crippen LogP contribution in [-0.4, -0.2) is 50.8 Å². The standard InChI is InChI=1S/C17H26N2O4S2/c1-23-16-8-7-14(13-15(16)18-17(20)9-12-24-2)25(21,22)19-10-5-3-4-6-11-19/h7-8,13H,3-6,9-12H2,1-2H3,(H,18,20). The van der Waals surface area contributed by atoms with Crippen molar-refractivity contribution in [3.63, 3.8) is 0 Å². The van der Waals surface area contributed by atoms with Crippen LogP contribution < -0.4 is 10.1 Å². The molecule has 1 heterocycles. The topological polar surface area (TPSA) is 75.7 Å². The molecule has 140 valence electrons. The van der Waals surface area contributed by atoms with Gasteiger partial charge in [0.1, 0.15) is 5.75 Å². The smallest absolute Gasteiger partial charge is 0.243 e. The minimum atomic E-state index is -3.56. The molecule has 0 atom stereocenters. The van der Waals surface area contributed by atoms with Gasteiger partial charge in [-0.1, -0.05) is 12.8 Å². The second-order valence-corrected chi connectivity index (χ2v) is 8.89. The number of rotatable bonds is 7. The molecule has 1 aromatic rings. The number of hydrogen-bond donors (Lipinski definition) is 1. The van der Waals surface area contributed by atoms with Gasteiger partial charge in [-0.25, -0.2) is 8.42 Å². The Hall–Kier alpha value is -1.25. The quantitative estimate of drug-likeness (QED) is 0.780. The molecule has 0 spiro atoms. The molecule has 1 N–H and O–H groups in total. The lowest BCUT2D eigenvalue weighted by Gasteiger charge is -2.21. The van der Waals surface area contributed by atoms with Gasteiger partial charge in [0.15, 0.2) is 0 Å². The largest absolute Gasteiger partial charge is 0.495 e. The fourth-order valence-electron chi connectivity index (χ4n) is 2.78. The lowest BCUT2D eigenvalue weighted by Crippen LogP contribution is -2.32. The van der Waals surface area contributed by atoms with Crippen molar-refractivity contribution in [2.45, 2.75) is 37.0 Å². The number of anilines is 1. The van der Waals surface area contributed by atoms with E-state index >= 15 is 0 Å². The van der Waals surface area contributed by atoms with Crippen molar-refractivity contribution >= 4 is 33.4 Å². The van der Waals surface area contributed by atoms with E-state index in [1.54, 1.807) is 22.1 Å². The van der Waals surface area contributed by atoms with Crippen LogP contribution in [0.5, 0.6) is 5.75 Å². The van der Waals surface area contributed by atoms with E-state index in [-0.39, 0.29) is 10.8 Å². The number of benzene rings is 1. The van der Waals surface area contributed by atoms with E-state index in [4.69, 9.17) is 4.74 Å². The molecule has 6 nitrogen and oxygen atoms in total. The highest BCUT2D eigenvalue weighted by Gasteiger charge is 2.26. The van der Waals surface area contributed by atoms with Gasteiger partial charge in [0.2, 0.25) is 15.9 Å². The van der Waals surface area contributed by atoms with Crippen molar-refractivity contribution in [3.05, 3.63) is 18.2 Å². The molecule has 0 aromatic heterocycles. The molecular formula is C17H26N2O4S2. The first-order valence-corrected chi connectivity index (χ1v) is 11.3. The molecule has 1 aliphatic heterocycles. The van der Waals surface area contributed by atoms with Crippen LogP contribution in [0.25, 0.3) is 0 Å². The lowest BCUT2D eigenvalue weighted by molar-refractivity contribution is -0.115. The van der Waals surface area contributed by atoms with Crippen LogP contribution in [-0.2, 0) is 14.8 Å². The van der Waals surface area contributed by atoms with Crippen molar-refractivity contribution in [1.82, 2.24) is 4.31 Å². The number of hydrogen-bond acceptors (Lipinski definition) is 5. The maximum atomic E-state index is 12.9. The third-order valence-electron chi connectivity index (χ3n) is 4.18. The number of methoxy groups -OCH3 is 1. The summed E-state index contributed by atoms with van der Waals surface area (Å²) < 4.78 is 32.6. The van der Waals surface area contributed by atoms with Crippen LogP contribution in [0.3, 0.4) is 0 Å². The number of amides is 1. The van der Waals surface area contributed by atoms with Crippen molar-refractivity contribution in [3.8, 4) is 5.75 Å². The Labute approximate surface area is 154 Å². The zero-order valence-electron chi connectivity index (χ0n) is 14.8. The van der Waals surface area contributed by atoms with Crippen LogP contribution in [0.4, 0.5) is 5.69 Å². The minimum absolute atomic E-state index is 0.156. The van der Waals surface area contributed by atoms with Crippen molar-refractivity contribution in [2.75, 3.05) is 37.5 Å². The van der Waals surface area contributed by atoms with Crippen LogP contribution in [0.1, 0.15) is 32.1 Å². The second-order valence-electron chi connectivity index (χ2n) is 5.97. The molecular weight excluding hydrogens is 360 g/mol. The molecule has 0 saturated carbocycles. The molecule has 1 aliphatic rings. The van der Waals surface area contributed by atoms with Gasteiger partial charge < -0.3 is 10.1 Å². The molecule has 1 fully saturated rings. The summed E-state index contributed by atoms with van der Waals surface area (Å²) in [6.07, 6.45) is 6.19. The summed E-state index contributed by atoms with van der Waals surface area (Å²) in [5.41, 5.74) is 0.393. The Morgan fingerprint density at radius 1 is 1.24 bits per heavy atom. The van der Waals surface area contributed by atoms with Crippen molar-refractivity contribution in [1.29, 1.82) is 0 Å². The van der Waals surface area contributed by atoms with E-state index in [2.05, 4.69) is 5.32 Å². The van der Waals surface area contributed by atoms with Crippen LogP contribution in [0, 0.1) is 0 Å². The highest BCUT2D eigenvalue weighted by Crippen LogP contribution is 2.30. The average Bonchev–Trinajstić information content (AvgIpc) is 2.89. The third kappa shape index (κ3) is 5.36. The Morgan fingerprint density at radius 3 is 2.52 bits per heavy atom. The maximum Gasteiger partial charge on any atom is 0.243 e. The van der Waals surface area contributed by atoms with Crippen LogP contribution in [0.15, 0.2) is 23.1 Å². The number of carbonyl (C=O) groups excluding carboxylic acids is 1. The highest BCUT2D eigenvalue weighted by atomic mass is 32.2. The third-order valence-corrected chi connectivity index (χ3v) is 6.69. The first kappa shape index (κ1) is 20.1. The summed E-state index contributed by atoms with van der Waals surface area (Å²) in [6.45, 7) is 1.09. The minimum Gasteiger partial charge on any atom is -0.495 e. The number of thioether (sulfide) groups is 1. The fourth-order valence-corrected chi connectivity index (χ4v) is 4.72. The Bertz CT molecular complexity index is 684. The fraction of sp³-hybridized carbons (Fsp3) is 0.588. The summed E-state index contributed by atoms with van der Waals surface area (Å²) in [7, 11) is -2.07.